The van der Waals surface area contributed by atoms with Crippen LogP contribution in [0.25, 0.3) is 0 Å². The lowest BCUT2D eigenvalue weighted by atomic mass is 10.1. The molecule has 104 valence electrons. The molecule has 0 bridgehead atoms. The van der Waals surface area contributed by atoms with Crippen LogP contribution in [0.5, 0.6) is 0 Å². The number of hydrogen-bond acceptors (Lipinski definition) is 2. The third kappa shape index (κ3) is 2.88. The maximum atomic E-state index is 13.5. The van der Waals surface area contributed by atoms with Gasteiger partial charge in [-0.05, 0) is 18.2 Å². The van der Waals surface area contributed by atoms with Crippen LogP contribution >= 0.6 is 12.2 Å². The van der Waals surface area contributed by atoms with Gasteiger partial charge in [-0.1, -0.05) is 12.2 Å². The summed E-state index contributed by atoms with van der Waals surface area (Å²) in [5.74, 6) is -4.15. The number of nitrogens with one attached hydrogen (secondary N) is 1. The number of anilines is 2. The summed E-state index contributed by atoms with van der Waals surface area (Å²) in [5, 5.41) is 2.44. The Kier molecular flexibility index (Phi) is 3.89. The number of halogens is 4. The summed E-state index contributed by atoms with van der Waals surface area (Å²) < 4.78 is 52.8. The van der Waals surface area contributed by atoms with Crippen LogP contribution in [0.3, 0.4) is 0 Å². The fourth-order valence-corrected chi connectivity index (χ4v) is 1.79. The highest BCUT2D eigenvalue weighted by Crippen LogP contribution is 2.26. The maximum absolute atomic E-state index is 13.5. The van der Waals surface area contributed by atoms with Crippen molar-refractivity contribution in [1.82, 2.24) is 0 Å². The molecule has 0 saturated carbocycles. The van der Waals surface area contributed by atoms with E-state index < -0.39 is 29.0 Å². The first-order valence-corrected chi connectivity index (χ1v) is 5.80. The zero-order chi connectivity index (χ0) is 14.9. The molecule has 0 atom stereocenters. The highest BCUT2D eigenvalue weighted by molar-refractivity contribution is 7.80. The van der Waals surface area contributed by atoms with Crippen molar-refractivity contribution in [3.63, 3.8) is 0 Å². The predicted molar refractivity (Wildman–Crippen MR) is 71.9 cm³/mol. The molecule has 0 heterocycles. The Morgan fingerprint density at radius 3 is 2.30 bits per heavy atom. The SMILES string of the molecule is NC(=S)c1cc(F)ccc1Nc1cc(F)cc(F)c1F. The van der Waals surface area contributed by atoms with Crippen LogP contribution in [0.2, 0.25) is 0 Å². The highest BCUT2D eigenvalue weighted by Gasteiger charge is 2.14. The molecule has 0 aliphatic rings. The Hall–Kier alpha value is -2.15. The van der Waals surface area contributed by atoms with E-state index in [9.17, 15) is 17.6 Å². The third-order valence-corrected chi connectivity index (χ3v) is 2.73. The van der Waals surface area contributed by atoms with Crippen molar-refractivity contribution in [2.45, 2.75) is 0 Å². The zero-order valence-electron chi connectivity index (χ0n) is 9.88. The van der Waals surface area contributed by atoms with Crippen molar-refractivity contribution >= 4 is 28.6 Å². The Bertz CT molecular complexity index is 688. The van der Waals surface area contributed by atoms with Crippen molar-refractivity contribution in [3.8, 4) is 0 Å². The van der Waals surface area contributed by atoms with E-state index in [1.165, 1.54) is 6.07 Å². The van der Waals surface area contributed by atoms with Crippen LogP contribution < -0.4 is 11.1 Å². The van der Waals surface area contributed by atoms with E-state index in [2.05, 4.69) is 5.32 Å². The second-order valence-corrected chi connectivity index (χ2v) is 4.37. The number of thiocarbonyl (C=S) groups is 1. The first-order chi connectivity index (χ1) is 9.38. The van der Waals surface area contributed by atoms with Gasteiger partial charge < -0.3 is 11.1 Å². The average Bonchev–Trinajstić information content (AvgIpc) is 2.37. The Morgan fingerprint density at radius 1 is 0.950 bits per heavy atom. The first kappa shape index (κ1) is 14.3. The zero-order valence-corrected chi connectivity index (χ0v) is 10.7. The maximum Gasteiger partial charge on any atom is 0.182 e. The molecule has 0 spiro atoms. The fraction of sp³-hybridized carbons (Fsp3) is 0. The summed E-state index contributed by atoms with van der Waals surface area (Å²) in [6.07, 6.45) is 0. The van der Waals surface area contributed by atoms with E-state index in [1.807, 2.05) is 0 Å². The minimum absolute atomic E-state index is 0.101. The predicted octanol–water partition coefficient (Wildman–Crippen LogP) is 3.62. The van der Waals surface area contributed by atoms with E-state index in [0.29, 0.717) is 6.07 Å². The Balaban J connectivity index is 2.48. The molecule has 0 fully saturated rings. The van der Waals surface area contributed by atoms with Crippen molar-refractivity contribution in [3.05, 3.63) is 59.2 Å². The molecule has 2 aromatic carbocycles. The van der Waals surface area contributed by atoms with Crippen molar-refractivity contribution in [2.75, 3.05) is 5.32 Å². The summed E-state index contributed by atoms with van der Waals surface area (Å²) in [5.41, 5.74) is 5.22. The van der Waals surface area contributed by atoms with E-state index >= 15 is 0 Å². The lowest BCUT2D eigenvalue weighted by Crippen LogP contribution is -2.12. The summed E-state index contributed by atoms with van der Waals surface area (Å²) in [4.78, 5) is -0.135. The summed E-state index contributed by atoms with van der Waals surface area (Å²) in [6, 6.07) is 4.55. The molecular weight excluding hydrogens is 292 g/mol. The summed E-state index contributed by atoms with van der Waals surface area (Å²) >= 11 is 4.74. The minimum atomic E-state index is -1.34. The van der Waals surface area contributed by atoms with Gasteiger partial charge in [0.05, 0.1) is 5.69 Å². The van der Waals surface area contributed by atoms with E-state index in [0.717, 1.165) is 18.2 Å². The average molecular weight is 300 g/mol. The largest absolute Gasteiger partial charge is 0.389 e. The molecule has 0 unspecified atom stereocenters. The smallest absolute Gasteiger partial charge is 0.182 e. The lowest BCUT2D eigenvalue weighted by Gasteiger charge is -2.12. The molecule has 2 nitrogen and oxygen atoms in total. The van der Waals surface area contributed by atoms with Crippen LogP contribution in [0.1, 0.15) is 5.56 Å². The molecule has 0 aromatic heterocycles. The van der Waals surface area contributed by atoms with Gasteiger partial charge in [-0.3, -0.25) is 0 Å². The highest BCUT2D eigenvalue weighted by atomic mass is 32.1. The van der Waals surface area contributed by atoms with Crippen LogP contribution in [0, 0.1) is 23.3 Å². The number of rotatable bonds is 3. The van der Waals surface area contributed by atoms with E-state index in [1.54, 1.807) is 0 Å². The number of hydrogen-bond donors (Lipinski definition) is 2. The van der Waals surface area contributed by atoms with Gasteiger partial charge in [0.15, 0.2) is 11.6 Å². The molecule has 2 aromatic rings. The Morgan fingerprint density at radius 2 is 1.65 bits per heavy atom. The molecule has 0 radical (unpaired) electrons. The third-order valence-electron chi connectivity index (χ3n) is 2.51. The second-order valence-electron chi connectivity index (χ2n) is 3.93. The van der Waals surface area contributed by atoms with Gasteiger partial charge in [0, 0.05) is 23.4 Å². The summed E-state index contributed by atoms with van der Waals surface area (Å²) in [6.45, 7) is 0. The first-order valence-electron chi connectivity index (χ1n) is 5.39. The molecular formula is C13H8F4N2S. The second kappa shape index (κ2) is 5.46. The van der Waals surface area contributed by atoms with E-state index in [4.69, 9.17) is 18.0 Å². The molecule has 0 saturated heterocycles. The van der Waals surface area contributed by atoms with Gasteiger partial charge in [-0.25, -0.2) is 17.6 Å². The molecule has 0 amide bonds. The standard InChI is InChI=1S/C13H8F4N2S/c14-6-1-2-10(8(3-6)13(18)20)19-11-5-7(15)4-9(16)12(11)17/h1-5,19H,(H2,18,20). The van der Waals surface area contributed by atoms with Crippen molar-refractivity contribution in [2.24, 2.45) is 5.73 Å². The monoisotopic (exact) mass is 300 g/mol. The molecule has 20 heavy (non-hydrogen) atoms. The molecule has 0 aliphatic heterocycles. The topological polar surface area (TPSA) is 38.0 Å². The van der Waals surface area contributed by atoms with Gasteiger partial charge in [-0.15, -0.1) is 0 Å². The summed E-state index contributed by atoms with van der Waals surface area (Å²) in [7, 11) is 0. The number of nitrogens with two attached hydrogens (primary N) is 1. The quantitative estimate of drug-likeness (QED) is 0.516. The fourth-order valence-electron chi connectivity index (χ4n) is 1.62. The van der Waals surface area contributed by atoms with Gasteiger partial charge in [0.2, 0.25) is 0 Å². The van der Waals surface area contributed by atoms with Gasteiger partial charge in [0.25, 0.3) is 0 Å². The molecule has 3 N–H and O–H groups in total. The van der Waals surface area contributed by atoms with Crippen molar-refractivity contribution < 1.29 is 17.6 Å². The number of benzene rings is 2. The Labute approximate surface area is 117 Å². The lowest BCUT2D eigenvalue weighted by molar-refractivity contribution is 0.498. The van der Waals surface area contributed by atoms with E-state index in [-0.39, 0.29) is 16.2 Å². The van der Waals surface area contributed by atoms with Gasteiger partial charge in [-0.2, -0.15) is 0 Å². The molecule has 7 heteroatoms. The van der Waals surface area contributed by atoms with Crippen LogP contribution in [-0.2, 0) is 0 Å². The normalized spacial score (nSPS) is 10.4. The molecule has 2 rings (SSSR count). The van der Waals surface area contributed by atoms with Crippen LogP contribution in [-0.4, -0.2) is 4.99 Å². The van der Waals surface area contributed by atoms with Gasteiger partial charge >= 0.3 is 0 Å². The minimum Gasteiger partial charge on any atom is -0.389 e. The van der Waals surface area contributed by atoms with Crippen LogP contribution in [0.15, 0.2) is 30.3 Å². The molecule has 0 aliphatic carbocycles. The van der Waals surface area contributed by atoms with Crippen molar-refractivity contribution in [1.29, 1.82) is 0 Å². The van der Waals surface area contributed by atoms with Crippen LogP contribution in [0.4, 0.5) is 28.9 Å². The van der Waals surface area contributed by atoms with Gasteiger partial charge in [0.1, 0.15) is 16.6 Å².